The van der Waals surface area contributed by atoms with E-state index in [0.717, 1.165) is 17.8 Å². The number of aromatic nitrogens is 4. The molecule has 2 heterocycles. The zero-order valence-electron chi connectivity index (χ0n) is 11.6. The number of ether oxygens (including phenoxy) is 1. The molecule has 0 amide bonds. The van der Waals surface area contributed by atoms with Crippen LogP contribution in [0.2, 0.25) is 0 Å². The minimum atomic E-state index is -4.52. The molecule has 2 aromatic rings. The maximum Gasteiger partial charge on any atom is 0.433 e. The summed E-state index contributed by atoms with van der Waals surface area (Å²) >= 11 is 0.977. The second-order valence-corrected chi connectivity index (χ2v) is 5.09. The molecular weight excluding hydrogens is 321 g/mol. The molecule has 0 N–H and O–H groups in total. The molecule has 0 atom stereocenters. The lowest BCUT2D eigenvalue weighted by molar-refractivity contribution is -0.141. The van der Waals surface area contributed by atoms with E-state index in [9.17, 15) is 18.0 Å². The number of hydrogen-bond acceptors (Lipinski definition) is 6. The molecule has 2 rings (SSSR count). The largest absolute Gasteiger partial charge is 0.464 e. The summed E-state index contributed by atoms with van der Waals surface area (Å²) in [5.41, 5.74) is -0.650. The summed E-state index contributed by atoms with van der Waals surface area (Å²) in [4.78, 5) is 18.7. The zero-order chi connectivity index (χ0) is 16.3. The van der Waals surface area contributed by atoms with E-state index in [1.54, 1.807) is 0 Å². The molecule has 0 aliphatic carbocycles. The summed E-state index contributed by atoms with van der Waals surface area (Å²) in [7, 11) is 1.23. The molecule has 118 valence electrons. The summed E-state index contributed by atoms with van der Waals surface area (Å²) in [6, 6.07) is 2.33. The normalized spacial score (nSPS) is 11.5. The molecule has 0 spiro atoms. The molecule has 0 unspecified atom stereocenters. The van der Waals surface area contributed by atoms with Crippen LogP contribution in [0.3, 0.4) is 0 Å². The monoisotopic (exact) mass is 332 g/mol. The number of aryl methyl sites for hydroxylation is 1. The first-order chi connectivity index (χ1) is 10.3. The van der Waals surface area contributed by atoms with Gasteiger partial charge in [-0.05, 0) is 19.1 Å². The number of thioether (sulfide) groups is 1. The fourth-order valence-corrected chi connectivity index (χ4v) is 2.28. The molecule has 0 fully saturated rings. The van der Waals surface area contributed by atoms with Crippen LogP contribution in [0.25, 0.3) is 0 Å². The van der Waals surface area contributed by atoms with Crippen LogP contribution < -0.4 is 0 Å². The predicted octanol–water partition coefficient (Wildman–Crippen LogP) is 2.54. The Morgan fingerprint density at radius 2 is 2.14 bits per heavy atom. The molecule has 0 saturated carbocycles. The van der Waals surface area contributed by atoms with Crippen molar-refractivity contribution in [3.05, 3.63) is 35.4 Å². The first-order valence-electron chi connectivity index (χ1n) is 5.97. The van der Waals surface area contributed by atoms with Crippen LogP contribution >= 0.6 is 11.8 Å². The molecule has 2 aromatic heterocycles. The lowest BCUT2D eigenvalue weighted by Crippen LogP contribution is -2.10. The Morgan fingerprint density at radius 1 is 1.41 bits per heavy atom. The molecule has 0 saturated heterocycles. The quantitative estimate of drug-likeness (QED) is 0.487. The molecule has 22 heavy (non-hydrogen) atoms. The Kier molecular flexibility index (Phi) is 4.69. The van der Waals surface area contributed by atoms with Gasteiger partial charge < -0.3 is 4.74 Å². The average Bonchev–Trinajstić information content (AvgIpc) is 2.91. The molecule has 0 bridgehead atoms. The SMILES string of the molecule is COC(=O)c1ccn(CSc2nc(C)cc(C(F)(F)F)n2)n1. The summed E-state index contributed by atoms with van der Waals surface area (Å²) in [5.74, 6) is -0.424. The van der Waals surface area contributed by atoms with Crippen molar-refractivity contribution in [3.63, 3.8) is 0 Å². The average molecular weight is 332 g/mol. The Hall–Kier alpha value is -2.10. The van der Waals surface area contributed by atoms with Gasteiger partial charge in [-0.25, -0.2) is 14.8 Å². The Morgan fingerprint density at radius 3 is 2.77 bits per heavy atom. The number of alkyl halides is 3. The number of carbonyl (C=O) groups is 1. The molecule has 0 aliphatic heterocycles. The number of hydrogen-bond donors (Lipinski definition) is 0. The van der Waals surface area contributed by atoms with Gasteiger partial charge in [0.05, 0.1) is 13.0 Å². The van der Waals surface area contributed by atoms with E-state index in [-0.39, 0.29) is 22.4 Å². The fraction of sp³-hybridized carbons (Fsp3) is 0.333. The van der Waals surface area contributed by atoms with Crippen molar-refractivity contribution in [2.75, 3.05) is 7.11 Å². The third kappa shape index (κ3) is 3.97. The topological polar surface area (TPSA) is 69.9 Å². The Balaban J connectivity index is 2.10. The molecule has 10 heteroatoms. The predicted molar refractivity (Wildman–Crippen MR) is 71.2 cm³/mol. The standard InChI is InChI=1S/C12H11F3N4O2S/c1-7-5-9(12(13,14)15)17-11(16-7)22-6-19-4-3-8(18-19)10(20)21-2/h3-5H,6H2,1-2H3. The van der Waals surface area contributed by atoms with Gasteiger partial charge >= 0.3 is 12.1 Å². The van der Waals surface area contributed by atoms with E-state index < -0.39 is 17.8 Å². The van der Waals surface area contributed by atoms with E-state index in [0.29, 0.717) is 0 Å². The van der Waals surface area contributed by atoms with Gasteiger partial charge in [-0.1, -0.05) is 11.8 Å². The minimum absolute atomic E-state index is 0.0116. The van der Waals surface area contributed by atoms with Gasteiger partial charge in [-0.3, -0.25) is 4.68 Å². The van der Waals surface area contributed by atoms with Crippen molar-refractivity contribution in [3.8, 4) is 0 Å². The summed E-state index contributed by atoms with van der Waals surface area (Å²) in [6.07, 6.45) is -3.01. The fourth-order valence-electron chi connectivity index (χ4n) is 1.52. The van der Waals surface area contributed by atoms with Crippen LogP contribution in [0, 0.1) is 6.92 Å². The van der Waals surface area contributed by atoms with E-state index in [2.05, 4.69) is 19.8 Å². The van der Waals surface area contributed by atoms with Crippen LogP contribution in [0.15, 0.2) is 23.5 Å². The summed E-state index contributed by atoms with van der Waals surface area (Å²) in [5, 5.41) is 3.92. The second-order valence-electron chi connectivity index (χ2n) is 4.18. The van der Waals surface area contributed by atoms with Crippen molar-refractivity contribution in [1.82, 2.24) is 19.7 Å². The number of rotatable bonds is 4. The summed E-state index contributed by atoms with van der Waals surface area (Å²) in [6.45, 7) is 1.46. The highest BCUT2D eigenvalue weighted by atomic mass is 32.2. The van der Waals surface area contributed by atoms with Crippen molar-refractivity contribution in [1.29, 1.82) is 0 Å². The van der Waals surface area contributed by atoms with E-state index in [1.807, 2.05) is 0 Å². The van der Waals surface area contributed by atoms with Crippen molar-refractivity contribution in [2.45, 2.75) is 24.1 Å². The molecule has 0 aromatic carbocycles. The smallest absolute Gasteiger partial charge is 0.433 e. The van der Waals surface area contributed by atoms with Gasteiger partial charge in [0.2, 0.25) is 0 Å². The lowest BCUT2D eigenvalue weighted by atomic mass is 10.3. The highest BCUT2D eigenvalue weighted by Gasteiger charge is 2.33. The van der Waals surface area contributed by atoms with E-state index in [4.69, 9.17) is 0 Å². The third-order valence-electron chi connectivity index (χ3n) is 2.49. The van der Waals surface area contributed by atoms with Crippen LogP contribution in [0.4, 0.5) is 13.2 Å². The molecule has 6 nitrogen and oxygen atoms in total. The van der Waals surface area contributed by atoms with Gasteiger partial charge in [0.25, 0.3) is 0 Å². The number of methoxy groups -OCH3 is 1. The first-order valence-corrected chi connectivity index (χ1v) is 6.95. The maximum absolute atomic E-state index is 12.7. The highest BCUT2D eigenvalue weighted by molar-refractivity contribution is 7.98. The first kappa shape index (κ1) is 16.3. The van der Waals surface area contributed by atoms with Crippen molar-refractivity contribution < 1.29 is 22.7 Å². The zero-order valence-corrected chi connectivity index (χ0v) is 12.4. The van der Waals surface area contributed by atoms with Crippen LogP contribution in [-0.2, 0) is 16.8 Å². The number of nitrogens with zero attached hydrogens (tertiary/aromatic N) is 4. The van der Waals surface area contributed by atoms with Gasteiger partial charge in [0, 0.05) is 11.9 Å². The van der Waals surface area contributed by atoms with Gasteiger partial charge in [-0.15, -0.1) is 0 Å². The number of halogens is 3. The lowest BCUT2D eigenvalue weighted by Gasteiger charge is -2.08. The second kappa shape index (κ2) is 6.34. The molecular formula is C12H11F3N4O2S. The van der Waals surface area contributed by atoms with Crippen molar-refractivity contribution >= 4 is 17.7 Å². The number of carbonyl (C=O) groups excluding carboxylic acids is 1. The number of esters is 1. The minimum Gasteiger partial charge on any atom is -0.464 e. The van der Waals surface area contributed by atoms with Crippen LogP contribution in [0.5, 0.6) is 0 Å². The van der Waals surface area contributed by atoms with Crippen LogP contribution in [-0.4, -0.2) is 32.8 Å². The van der Waals surface area contributed by atoms with Gasteiger partial charge in [0.1, 0.15) is 5.69 Å². The Bertz CT molecular complexity index is 687. The maximum atomic E-state index is 12.7. The van der Waals surface area contributed by atoms with Gasteiger partial charge in [-0.2, -0.15) is 18.3 Å². The van der Waals surface area contributed by atoms with Crippen molar-refractivity contribution in [2.24, 2.45) is 0 Å². The van der Waals surface area contributed by atoms with Gasteiger partial charge in [0.15, 0.2) is 10.9 Å². The molecule has 0 radical (unpaired) electrons. The highest BCUT2D eigenvalue weighted by Crippen LogP contribution is 2.29. The van der Waals surface area contributed by atoms with E-state index in [1.165, 1.54) is 31.0 Å². The molecule has 0 aliphatic rings. The summed E-state index contributed by atoms with van der Waals surface area (Å²) < 4.78 is 43.9. The third-order valence-corrected chi connectivity index (χ3v) is 3.32. The van der Waals surface area contributed by atoms with E-state index >= 15 is 0 Å². The van der Waals surface area contributed by atoms with Crippen LogP contribution in [0.1, 0.15) is 21.9 Å². The Labute approximate surface area is 127 Å².